The average Bonchev–Trinajstić information content (AvgIpc) is 3.41. The Hall–Kier alpha value is -2.42. The fraction of sp³-hybridized carbons (Fsp3) is 0.500. The highest BCUT2D eigenvalue weighted by Crippen LogP contribution is 2.37. The lowest BCUT2D eigenvalue weighted by atomic mass is 10.1. The van der Waals surface area contributed by atoms with Crippen molar-refractivity contribution in [1.82, 2.24) is 24.4 Å². The van der Waals surface area contributed by atoms with E-state index in [9.17, 15) is 0 Å². The van der Waals surface area contributed by atoms with Gasteiger partial charge in [-0.1, -0.05) is 12.1 Å². The fourth-order valence-corrected chi connectivity index (χ4v) is 4.40. The molecule has 2 aliphatic rings. The van der Waals surface area contributed by atoms with E-state index < -0.39 is 0 Å². The van der Waals surface area contributed by atoms with E-state index in [2.05, 4.69) is 27.5 Å². The van der Waals surface area contributed by atoms with Crippen molar-refractivity contribution in [3.05, 3.63) is 30.1 Å². The molecular formula is C22H29ClN6O2. The van der Waals surface area contributed by atoms with Crippen LogP contribution in [-0.4, -0.2) is 78.0 Å². The van der Waals surface area contributed by atoms with Crippen LogP contribution in [-0.2, 0) is 4.74 Å². The summed E-state index contributed by atoms with van der Waals surface area (Å²) in [6, 6.07) is 8.23. The summed E-state index contributed by atoms with van der Waals surface area (Å²) in [4.78, 5) is 19.5. The second kappa shape index (κ2) is 8.98. The summed E-state index contributed by atoms with van der Waals surface area (Å²) in [6.45, 7) is 7.29. The zero-order valence-corrected chi connectivity index (χ0v) is 19.1. The number of aryl methyl sites for hydroxylation is 1. The van der Waals surface area contributed by atoms with Crippen LogP contribution in [0.2, 0.25) is 0 Å². The van der Waals surface area contributed by atoms with Gasteiger partial charge in [0.2, 0.25) is 0 Å². The molecule has 2 saturated heterocycles. The van der Waals surface area contributed by atoms with Gasteiger partial charge in [0.1, 0.15) is 17.4 Å². The van der Waals surface area contributed by atoms with Crippen molar-refractivity contribution in [2.45, 2.75) is 19.4 Å². The highest BCUT2D eigenvalue weighted by molar-refractivity contribution is 5.88. The van der Waals surface area contributed by atoms with Crippen LogP contribution in [0.1, 0.15) is 18.3 Å². The first kappa shape index (κ1) is 21.8. The van der Waals surface area contributed by atoms with Crippen molar-refractivity contribution in [1.29, 1.82) is 0 Å². The zero-order valence-electron chi connectivity index (χ0n) is 18.2. The summed E-state index contributed by atoms with van der Waals surface area (Å²) in [5.74, 6) is 3.37. The number of hydrogen-bond donors (Lipinski definition) is 0. The molecule has 2 aliphatic heterocycles. The average molecular weight is 445 g/mol. The Bertz CT molecular complexity index is 1060. The third kappa shape index (κ3) is 3.95. The van der Waals surface area contributed by atoms with Gasteiger partial charge in [-0.25, -0.2) is 15.0 Å². The molecule has 9 heteroatoms. The maximum Gasteiger partial charge on any atom is 0.166 e. The molecule has 2 fully saturated rings. The van der Waals surface area contributed by atoms with Crippen molar-refractivity contribution >= 4 is 29.4 Å². The molecule has 31 heavy (non-hydrogen) atoms. The lowest BCUT2D eigenvalue weighted by molar-refractivity contribution is 0.187. The van der Waals surface area contributed by atoms with E-state index in [0.717, 1.165) is 79.2 Å². The molecule has 0 saturated carbocycles. The third-order valence-electron chi connectivity index (χ3n) is 6.05. The molecule has 0 spiro atoms. The number of rotatable bonds is 4. The molecule has 0 bridgehead atoms. The second-order valence-electron chi connectivity index (χ2n) is 8.08. The molecule has 0 N–H and O–H groups in total. The number of aromatic nitrogens is 4. The van der Waals surface area contributed by atoms with Crippen molar-refractivity contribution in [2.24, 2.45) is 0 Å². The molecule has 1 aromatic carbocycles. The number of methoxy groups -OCH3 is 1. The largest absolute Gasteiger partial charge is 0.496 e. The summed E-state index contributed by atoms with van der Waals surface area (Å²) in [5.41, 5.74) is 2.71. The standard InChI is InChI=1S/C22H28N6O2.ClH/c1-15-23-21(27-11-9-26(2)10-12-27)19-22(24-15)28(16-8-13-30-14-16)20(25-19)17-6-4-5-7-18(17)29-3;/h4-7,16H,8-14H2,1-3H3;1H/t16-;/m1./s1. The molecule has 1 atom stereocenters. The normalized spacial score (nSPS) is 19.6. The number of anilines is 1. The summed E-state index contributed by atoms with van der Waals surface area (Å²) in [5, 5.41) is 0. The van der Waals surface area contributed by atoms with Crippen LogP contribution in [0.25, 0.3) is 22.6 Å². The number of likely N-dealkylation sites (N-methyl/N-ethyl adjacent to an activating group) is 1. The minimum absolute atomic E-state index is 0. The van der Waals surface area contributed by atoms with Gasteiger partial charge >= 0.3 is 0 Å². The lowest BCUT2D eigenvalue weighted by Crippen LogP contribution is -2.45. The Labute approximate surface area is 188 Å². The van der Waals surface area contributed by atoms with Crippen molar-refractivity contribution in [3.63, 3.8) is 0 Å². The number of hydrogen-bond acceptors (Lipinski definition) is 7. The minimum atomic E-state index is 0. The quantitative estimate of drug-likeness (QED) is 0.612. The summed E-state index contributed by atoms with van der Waals surface area (Å²) in [6.07, 6.45) is 0.945. The molecule has 0 amide bonds. The van der Waals surface area contributed by atoms with E-state index >= 15 is 0 Å². The Morgan fingerprint density at radius 3 is 2.55 bits per heavy atom. The highest BCUT2D eigenvalue weighted by atomic mass is 35.5. The van der Waals surface area contributed by atoms with Crippen LogP contribution in [0.3, 0.4) is 0 Å². The molecule has 3 aromatic rings. The summed E-state index contributed by atoms with van der Waals surface area (Å²) < 4.78 is 13.6. The van der Waals surface area contributed by atoms with Gasteiger partial charge in [-0.05, 0) is 32.5 Å². The Balaban J connectivity index is 0.00000231. The minimum Gasteiger partial charge on any atom is -0.496 e. The summed E-state index contributed by atoms with van der Waals surface area (Å²) >= 11 is 0. The SMILES string of the molecule is COc1ccccc1-c1nc2c(N3CCN(C)CC3)nc(C)nc2n1[C@@H]1CCOC1.Cl. The number of para-hydroxylation sites is 1. The highest BCUT2D eigenvalue weighted by Gasteiger charge is 2.29. The first-order valence-electron chi connectivity index (χ1n) is 10.6. The molecular weight excluding hydrogens is 416 g/mol. The molecule has 5 rings (SSSR count). The van der Waals surface area contributed by atoms with Gasteiger partial charge in [-0.2, -0.15) is 0 Å². The van der Waals surface area contributed by atoms with E-state index in [1.807, 2.05) is 25.1 Å². The molecule has 8 nitrogen and oxygen atoms in total. The van der Waals surface area contributed by atoms with Crippen LogP contribution in [0.4, 0.5) is 5.82 Å². The van der Waals surface area contributed by atoms with Crippen LogP contribution < -0.4 is 9.64 Å². The van der Waals surface area contributed by atoms with Crippen LogP contribution in [0, 0.1) is 6.92 Å². The molecule has 4 heterocycles. The van der Waals surface area contributed by atoms with Crippen molar-refractivity contribution in [3.8, 4) is 17.1 Å². The van der Waals surface area contributed by atoms with Gasteiger partial charge in [0.25, 0.3) is 0 Å². The topological polar surface area (TPSA) is 68.5 Å². The van der Waals surface area contributed by atoms with E-state index in [0.29, 0.717) is 6.61 Å². The Morgan fingerprint density at radius 2 is 1.84 bits per heavy atom. The molecule has 166 valence electrons. The predicted molar refractivity (Wildman–Crippen MR) is 123 cm³/mol. The van der Waals surface area contributed by atoms with Gasteiger partial charge in [0.05, 0.1) is 25.3 Å². The van der Waals surface area contributed by atoms with Crippen LogP contribution in [0.5, 0.6) is 5.75 Å². The number of piperazine rings is 1. The molecule has 0 unspecified atom stereocenters. The lowest BCUT2D eigenvalue weighted by Gasteiger charge is -2.33. The zero-order chi connectivity index (χ0) is 20.7. The molecule has 2 aromatic heterocycles. The number of benzene rings is 1. The molecule has 0 aliphatic carbocycles. The van der Waals surface area contributed by atoms with Gasteiger partial charge in [0, 0.05) is 32.8 Å². The first-order chi connectivity index (χ1) is 14.7. The van der Waals surface area contributed by atoms with Crippen molar-refractivity contribution in [2.75, 3.05) is 58.5 Å². The van der Waals surface area contributed by atoms with E-state index in [4.69, 9.17) is 24.4 Å². The summed E-state index contributed by atoms with van der Waals surface area (Å²) in [7, 11) is 3.86. The van der Waals surface area contributed by atoms with E-state index in [1.54, 1.807) is 7.11 Å². The predicted octanol–water partition coefficient (Wildman–Crippen LogP) is 2.95. The Kier molecular flexibility index (Phi) is 6.31. The van der Waals surface area contributed by atoms with Crippen LogP contribution >= 0.6 is 12.4 Å². The van der Waals surface area contributed by atoms with E-state index in [1.165, 1.54) is 0 Å². The number of imidazole rings is 1. The number of fused-ring (bicyclic) bond motifs is 1. The van der Waals surface area contributed by atoms with Crippen molar-refractivity contribution < 1.29 is 9.47 Å². The number of ether oxygens (including phenoxy) is 2. The maximum absolute atomic E-state index is 5.73. The van der Waals surface area contributed by atoms with Gasteiger partial charge in [-0.15, -0.1) is 12.4 Å². The van der Waals surface area contributed by atoms with Crippen LogP contribution in [0.15, 0.2) is 24.3 Å². The number of nitrogens with zero attached hydrogens (tertiary/aromatic N) is 6. The molecule has 0 radical (unpaired) electrons. The third-order valence-corrected chi connectivity index (χ3v) is 6.05. The maximum atomic E-state index is 5.73. The first-order valence-corrected chi connectivity index (χ1v) is 10.6. The fourth-order valence-electron chi connectivity index (χ4n) is 4.40. The number of halogens is 1. The van der Waals surface area contributed by atoms with Gasteiger partial charge < -0.3 is 23.8 Å². The van der Waals surface area contributed by atoms with Gasteiger partial charge in [0.15, 0.2) is 17.0 Å². The second-order valence-corrected chi connectivity index (χ2v) is 8.08. The Morgan fingerprint density at radius 1 is 1.06 bits per heavy atom. The van der Waals surface area contributed by atoms with E-state index in [-0.39, 0.29) is 18.4 Å². The van der Waals surface area contributed by atoms with Gasteiger partial charge in [-0.3, -0.25) is 0 Å². The smallest absolute Gasteiger partial charge is 0.166 e. The monoisotopic (exact) mass is 444 g/mol.